The van der Waals surface area contributed by atoms with Gasteiger partial charge in [0.1, 0.15) is 0 Å². The summed E-state index contributed by atoms with van der Waals surface area (Å²) >= 11 is 0. The van der Waals surface area contributed by atoms with Crippen LogP contribution in [0.3, 0.4) is 0 Å². The summed E-state index contributed by atoms with van der Waals surface area (Å²) in [6, 6.07) is 3.83. The standard InChI is InChI=1S/C18H28N4O2/c1-3-21(4-2)17(23)16-6-5-13-22(14-16)18(24)20-12-9-15-7-10-19-11-8-15/h7-8,10-11,16H,3-6,9,12-14H2,1-2H3,(H,20,24). The van der Waals surface area contributed by atoms with Crippen LogP contribution in [-0.4, -0.2) is 59.4 Å². The fourth-order valence-corrected chi connectivity index (χ4v) is 3.13. The summed E-state index contributed by atoms with van der Waals surface area (Å²) in [7, 11) is 0. The fraction of sp³-hybridized carbons (Fsp3) is 0.611. The van der Waals surface area contributed by atoms with E-state index in [2.05, 4.69) is 10.3 Å². The van der Waals surface area contributed by atoms with Crippen molar-refractivity contribution in [3.05, 3.63) is 30.1 Å². The number of carbonyl (C=O) groups excluding carboxylic acids is 2. The third-order valence-corrected chi connectivity index (χ3v) is 4.57. The van der Waals surface area contributed by atoms with Gasteiger partial charge in [-0.3, -0.25) is 9.78 Å². The van der Waals surface area contributed by atoms with Gasteiger partial charge in [-0.05, 0) is 50.8 Å². The number of urea groups is 1. The van der Waals surface area contributed by atoms with E-state index in [1.54, 1.807) is 17.3 Å². The van der Waals surface area contributed by atoms with E-state index in [9.17, 15) is 9.59 Å². The lowest BCUT2D eigenvalue weighted by molar-refractivity contribution is -0.136. The highest BCUT2D eigenvalue weighted by molar-refractivity contribution is 5.81. The van der Waals surface area contributed by atoms with Crippen LogP contribution in [0.1, 0.15) is 32.3 Å². The van der Waals surface area contributed by atoms with Crippen LogP contribution in [-0.2, 0) is 11.2 Å². The molecular formula is C18H28N4O2. The van der Waals surface area contributed by atoms with Gasteiger partial charge in [0.2, 0.25) is 5.91 Å². The molecule has 0 aromatic carbocycles. The first-order valence-electron chi connectivity index (χ1n) is 8.86. The fourth-order valence-electron chi connectivity index (χ4n) is 3.13. The number of hydrogen-bond donors (Lipinski definition) is 1. The Kier molecular flexibility index (Phi) is 7.03. The van der Waals surface area contributed by atoms with Crippen LogP contribution in [0.4, 0.5) is 4.79 Å². The summed E-state index contributed by atoms with van der Waals surface area (Å²) < 4.78 is 0. The molecule has 1 unspecified atom stereocenters. The number of hydrogen-bond acceptors (Lipinski definition) is 3. The first-order chi connectivity index (χ1) is 11.7. The molecule has 0 bridgehead atoms. The molecule has 1 aliphatic heterocycles. The van der Waals surface area contributed by atoms with Gasteiger partial charge in [0.15, 0.2) is 0 Å². The number of nitrogens with zero attached hydrogens (tertiary/aromatic N) is 3. The lowest BCUT2D eigenvalue weighted by atomic mass is 9.96. The molecule has 1 saturated heterocycles. The lowest BCUT2D eigenvalue weighted by Crippen LogP contribution is -2.49. The molecule has 2 heterocycles. The third kappa shape index (κ3) is 4.94. The largest absolute Gasteiger partial charge is 0.343 e. The number of aromatic nitrogens is 1. The van der Waals surface area contributed by atoms with Gasteiger partial charge in [-0.1, -0.05) is 0 Å². The number of likely N-dealkylation sites (tertiary alicyclic amines) is 1. The Morgan fingerprint density at radius 3 is 2.67 bits per heavy atom. The SMILES string of the molecule is CCN(CC)C(=O)C1CCCN(C(=O)NCCc2ccncc2)C1. The number of piperidine rings is 1. The van der Waals surface area contributed by atoms with Crippen molar-refractivity contribution in [2.24, 2.45) is 5.92 Å². The molecule has 0 spiro atoms. The maximum atomic E-state index is 12.5. The molecule has 1 aromatic rings. The molecule has 24 heavy (non-hydrogen) atoms. The van der Waals surface area contributed by atoms with Crippen LogP contribution < -0.4 is 5.32 Å². The molecule has 1 aromatic heterocycles. The second-order valence-corrected chi connectivity index (χ2v) is 6.13. The van der Waals surface area contributed by atoms with Crippen molar-refractivity contribution >= 4 is 11.9 Å². The van der Waals surface area contributed by atoms with Crippen molar-refractivity contribution in [2.45, 2.75) is 33.1 Å². The zero-order chi connectivity index (χ0) is 17.4. The van der Waals surface area contributed by atoms with Crippen molar-refractivity contribution in [3.8, 4) is 0 Å². The molecule has 0 saturated carbocycles. The van der Waals surface area contributed by atoms with Crippen LogP contribution >= 0.6 is 0 Å². The molecule has 132 valence electrons. The highest BCUT2D eigenvalue weighted by Crippen LogP contribution is 2.19. The molecular weight excluding hydrogens is 304 g/mol. The van der Waals surface area contributed by atoms with E-state index in [1.165, 1.54) is 0 Å². The van der Waals surface area contributed by atoms with Gasteiger partial charge in [-0.2, -0.15) is 0 Å². The average molecular weight is 332 g/mol. The van der Waals surface area contributed by atoms with E-state index < -0.39 is 0 Å². The Balaban J connectivity index is 1.80. The quantitative estimate of drug-likeness (QED) is 0.865. The summed E-state index contributed by atoms with van der Waals surface area (Å²) in [4.78, 5) is 32.5. The highest BCUT2D eigenvalue weighted by atomic mass is 16.2. The first-order valence-corrected chi connectivity index (χ1v) is 8.86. The molecule has 3 amide bonds. The van der Waals surface area contributed by atoms with E-state index in [1.807, 2.05) is 30.9 Å². The lowest BCUT2D eigenvalue weighted by Gasteiger charge is -2.34. The predicted molar refractivity (Wildman–Crippen MR) is 93.6 cm³/mol. The summed E-state index contributed by atoms with van der Waals surface area (Å²) in [6.07, 6.45) is 6.05. The van der Waals surface area contributed by atoms with Gasteiger partial charge in [-0.25, -0.2) is 4.79 Å². The van der Waals surface area contributed by atoms with E-state index in [0.717, 1.165) is 44.5 Å². The van der Waals surface area contributed by atoms with Gasteiger partial charge >= 0.3 is 6.03 Å². The summed E-state index contributed by atoms with van der Waals surface area (Å²) in [6.45, 7) is 7.28. The van der Waals surface area contributed by atoms with Gasteiger partial charge in [0, 0.05) is 45.1 Å². The van der Waals surface area contributed by atoms with E-state index >= 15 is 0 Å². The first kappa shape index (κ1) is 18.2. The normalized spacial score (nSPS) is 17.4. The van der Waals surface area contributed by atoms with Crippen LogP contribution in [0, 0.1) is 5.92 Å². The molecule has 0 radical (unpaired) electrons. The molecule has 6 heteroatoms. The average Bonchev–Trinajstić information content (AvgIpc) is 2.63. The van der Waals surface area contributed by atoms with Crippen LogP contribution in [0.25, 0.3) is 0 Å². The van der Waals surface area contributed by atoms with Gasteiger partial charge < -0.3 is 15.1 Å². The Morgan fingerprint density at radius 2 is 2.00 bits per heavy atom. The number of amides is 3. The van der Waals surface area contributed by atoms with Crippen LogP contribution in [0.15, 0.2) is 24.5 Å². The molecule has 6 nitrogen and oxygen atoms in total. The summed E-state index contributed by atoms with van der Waals surface area (Å²) in [5.41, 5.74) is 1.15. The minimum Gasteiger partial charge on any atom is -0.343 e. The van der Waals surface area contributed by atoms with Crippen molar-refractivity contribution in [2.75, 3.05) is 32.7 Å². The van der Waals surface area contributed by atoms with Gasteiger partial charge in [0.25, 0.3) is 0 Å². The van der Waals surface area contributed by atoms with Crippen LogP contribution in [0.5, 0.6) is 0 Å². The molecule has 0 aliphatic carbocycles. The minimum absolute atomic E-state index is 0.0652. The van der Waals surface area contributed by atoms with Crippen molar-refractivity contribution in [1.29, 1.82) is 0 Å². The Hall–Kier alpha value is -2.11. The van der Waals surface area contributed by atoms with Crippen molar-refractivity contribution < 1.29 is 9.59 Å². The minimum atomic E-state index is -0.0684. The van der Waals surface area contributed by atoms with Crippen LogP contribution in [0.2, 0.25) is 0 Å². The second-order valence-electron chi connectivity index (χ2n) is 6.13. The van der Waals surface area contributed by atoms with Crippen molar-refractivity contribution in [3.63, 3.8) is 0 Å². The Bertz CT molecular complexity index is 531. The predicted octanol–water partition coefficient (Wildman–Crippen LogP) is 1.91. The molecule has 2 rings (SSSR count). The van der Waals surface area contributed by atoms with Gasteiger partial charge in [-0.15, -0.1) is 0 Å². The molecule has 1 fully saturated rings. The van der Waals surface area contributed by atoms with E-state index in [0.29, 0.717) is 13.1 Å². The number of pyridine rings is 1. The molecule has 1 aliphatic rings. The van der Waals surface area contributed by atoms with Crippen molar-refractivity contribution in [1.82, 2.24) is 20.1 Å². The smallest absolute Gasteiger partial charge is 0.317 e. The zero-order valence-electron chi connectivity index (χ0n) is 14.7. The summed E-state index contributed by atoms with van der Waals surface area (Å²) in [5, 5.41) is 2.96. The third-order valence-electron chi connectivity index (χ3n) is 4.57. The maximum Gasteiger partial charge on any atom is 0.317 e. The monoisotopic (exact) mass is 332 g/mol. The zero-order valence-corrected chi connectivity index (χ0v) is 14.7. The summed E-state index contributed by atoms with van der Waals surface area (Å²) in [5.74, 6) is 0.110. The van der Waals surface area contributed by atoms with E-state index in [-0.39, 0.29) is 17.9 Å². The maximum absolute atomic E-state index is 12.5. The Morgan fingerprint density at radius 1 is 1.29 bits per heavy atom. The Labute approximate surface area is 144 Å². The van der Waals surface area contributed by atoms with Gasteiger partial charge in [0.05, 0.1) is 5.92 Å². The number of carbonyl (C=O) groups is 2. The molecule has 1 atom stereocenters. The number of rotatable bonds is 6. The highest BCUT2D eigenvalue weighted by Gasteiger charge is 2.30. The molecule has 1 N–H and O–H groups in total. The topological polar surface area (TPSA) is 65.5 Å². The van der Waals surface area contributed by atoms with E-state index in [4.69, 9.17) is 0 Å². The second kappa shape index (κ2) is 9.25. The number of nitrogens with one attached hydrogen (secondary N) is 1.